The van der Waals surface area contributed by atoms with Gasteiger partial charge in [-0.25, -0.2) is 0 Å². The summed E-state index contributed by atoms with van der Waals surface area (Å²) in [6, 6.07) is 0. The van der Waals surface area contributed by atoms with E-state index in [-0.39, 0.29) is 21.1 Å². The Balaban J connectivity index is -0.000000107. The van der Waals surface area contributed by atoms with E-state index >= 15 is 0 Å². The van der Waals surface area contributed by atoms with Crippen LogP contribution in [0.15, 0.2) is 0 Å². The molecule has 0 aromatic carbocycles. The number of hydrogen-bond acceptors (Lipinski definition) is 0. The van der Waals surface area contributed by atoms with Gasteiger partial charge in [-0.2, -0.15) is 0 Å². The van der Waals surface area contributed by atoms with Gasteiger partial charge in [-0.1, -0.05) is 39.3 Å². The van der Waals surface area contributed by atoms with Crippen molar-refractivity contribution in [2.45, 2.75) is 39.3 Å². The van der Waals surface area contributed by atoms with Gasteiger partial charge in [-0.3, -0.25) is 0 Å². The maximum absolute atomic E-state index is 3.91. The van der Waals surface area contributed by atoms with Gasteiger partial charge in [0, 0.05) is 0 Å². The van der Waals surface area contributed by atoms with Gasteiger partial charge in [0.1, 0.15) is 0 Å². The first-order valence-electron chi connectivity index (χ1n) is 3.71. The minimum absolute atomic E-state index is 0. The summed E-state index contributed by atoms with van der Waals surface area (Å²) in [6.45, 7) is 21.1. The first kappa shape index (κ1) is 18.0. The Labute approximate surface area is 89.4 Å². The zero-order chi connectivity index (χ0) is 9.00. The van der Waals surface area contributed by atoms with E-state index in [1.807, 2.05) is 0 Å². The summed E-state index contributed by atoms with van der Waals surface area (Å²) in [6.07, 6.45) is 0. The summed E-state index contributed by atoms with van der Waals surface area (Å²) in [5.74, 6) is 0. The van der Waals surface area contributed by atoms with Crippen LogP contribution in [0.4, 0.5) is 0 Å². The Bertz CT molecular complexity index is 55.1. The molecule has 0 radical (unpaired) electrons. The Hall–Kier alpha value is 1.12. The van der Waals surface area contributed by atoms with Crippen molar-refractivity contribution in [3.05, 3.63) is 13.1 Å². The molecular formula is C8H22PtSi2. The Kier molecular flexibility index (Phi) is 10.8. The second-order valence-corrected chi connectivity index (χ2v) is 15.4. The van der Waals surface area contributed by atoms with Crippen molar-refractivity contribution in [1.29, 1.82) is 0 Å². The van der Waals surface area contributed by atoms with E-state index in [0.29, 0.717) is 0 Å². The minimum Gasteiger partial charge on any atom is -0.342 e. The summed E-state index contributed by atoms with van der Waals surface area (Å²) in [5, 5.41) is 0. The zero-order valence-corrected chi connectivity index (χ0v) is 13.0. The van der Waals surface area contributed by atoms with Crippen LogP contribution < -0.4 is 0 Å². The van der Waals surface area contributed by atoms with Crippen molar-refractivity contribution in [2.24, 2.45) is 0 Å². The molecule has 72 valence electrons. The Morgan fingerprint density at radius 2 is 0.636 bits per heavy atom. The second-order valence-electron chi connectivity index (χ2n) is 5.12. The van der Waals surface area contributed by atoms with E-state index in [4.69, 9.17) is 0 Å². The van der Waals surface area contributed by atoms with Crippen LogP contribution in [0.2, 0.25) is 39.3 Å². The first-order valence-corrected chi connectivity index (χ1v) is 11.1. The molecule has 3 heteroatoms. The molecule has 0 atom stereocenters. The summed E-state index contributed by atoms with van der Waals surface area (Å²) in [5.41, 5.74) is 0. The van der Waals surface area contributed by atoms with Gasteiger partial charge < -0.3 is 13.1 Å². The van der Waals surface area contributed by atoms with Crippen molar-refractivity contribution < 1.29 is 21.1 Å². The molecule has 0 bridgehead atoms. The molecule has 0 aromatic rings. The molecule has 0 spiro atoms. The van der Waals surface area contributed by atoms with E-state index in [1.165, 1.54) is 0 Å². The van der Waals surface area contributed by atoms with Crippen LogP contribution in [0.1, 0.15) is 0 Å². The predicted octanol–water partition coefficient (Wildman–Crippen LogP) is 3.39. The van der Waals surface area contributed by atoms with Gasteiger partial charge in [-0.15, -0.1) is 16.1 Å². The molecule has 0 N–H and O–H groups in total. The van der Waals surface area contributed by atoms with E-state index in [0.717, 1.165) is 0 Å². The summed E-state index contributed by atoms with van der Waals surface area (Å²) in [4.78, 5) is 0. The number of hydrogen-bond donors (Lipinski definition) is 0. The fraction of sp³-hybridized carbons (Fsp3) is 0.750. The van der Waals surface area contributed by atoms with Crippen LogP contribution in [0.5, 0.6) is 0 Å². The van der Waals surface area contributed by atoms with E-state index in [9.17, 15) is 0 Å². The maximum Gasteiger partial charge on any atom is 2.00 e. The van der Waals surface area contributed by atoms with Crippen LogP contribution in [-0.2, 0) is 21.1 Å². The van der Waals surface area contributed by atoms with E-state index in [1.54, 1.807) is 0 Å². The van der Waals surface area contributed by atoms with Crippen LogP contribution >= 0.6 is 0 Å². The molecule has 11 heavy (non-hydrogen) atoms. The summed E-state index contributed by atoms with van der Waals surface area (Å²) >= 11 is 0. The van der Waals surface area contributed by atoms with Gasteiger partial charge in [0.15, 0.2) is 0 Å². The van der Waals surface area contributed by atoms with Gasteiger partial charge in [0.25, 0.3) is 0 Å². The molecule has 0 rings (SSSR count). The van der Waals surface area contributed by atoms with Crippen LogP contribution in [0.3, 0.4) is 0 Å². The van der Waals surface area contributed by atoms with Crippen LogP contribution in [0.25, 0.3) is 0 Å². The van der Waals surface area contributed by atoms with Crippen LogP contribution in [-0.4, -0.2) is 16.1 Å². The third-order valence-corrected chi connectivity index (χ3v) is 0. The molecule has 0 nitrogen and oxygen atoms in total. The molecule has 0 aromatic heterocycles. The van der Waals surface area contributed by atoms with Gasteiger partial charge in [0.2, 0.25) is 0 Å². The van der Waals surface area contributed by atoms with Crippen molar-refractivity contribution >= 4 is 16.1 Å². The Morgan fingerprint density at radius 3 is 0.636 bits per heavy atom. The van der Waals surface area contributed by atoms with Crippen molar-refractivity contribution in [3.63, 3.8) is 0 Å². The molecule has 0 aliphatic rings. The minimum atomic E-state index is -0.861. The molecule has 0 aliphatic heterocycles. The van der Waals surface area contributed by atoms with Crippen molar-refractivity contribution in [2.75, 3.05) is 0 Å². The maximum atomic E-state index is 3.91. The molecule has 0 fully saturated rings. The smallest absolute Gasteiger partial charge is 0.342 e. The Morgan fingerprint density at radius 1 is 0.636 bits per heavy atom. The average Bonchev–Trinajstić information content (AvgIpc) is 1.12. The fourth-order valence-electron chi connectivity index (χ4n) is 0. The third kappa shape index (κ3) is 735. The largest absolute Gasteiger partial charge is 2.00 e. The topological polar surface area (TPSA) is 0 Å². The quantitative estimate of drug-likeness (QED) is 0.454. The van der Waals surface area contributed by atoms with Crippen molar-refractivity contribution in [3.8, 4) is 0 Å². The average molecular weight is 370 g/mol. The molecule has 0 amide bonds. The van der Waals surface area contributed by atoms with E-state index < -0.39 is 16.1 Å². The molecule has 0 heterocycles. The SMILES string of the molecule is [CH2-][Si](C)(C)C.[CH2-][Si](C)(C)C.[Pt+2]. The normalized spacial score (nSPS) is 10.9. The molecule has 0 aliphatic carbocycles. The fourth-order valence-corrected chi connectivity index (χ4v) is 0. The van der Waals surface area contributed by atoms with Crippen LogP contribution in [0, 0.1) is 13.1 Å². The van der Waals surface area contributed by atoms with Gasteiger partial charge >= 0.3 is 21.1 Å². The molecule has 0 saturated carbocycles. The standard InChI is InChI=1S/2C4H11Si.Pt/c2*1-5(2,3)4;/h2*1H2,2-4H3;/q2*-1;+2. The second kappa shape index (κ2) is 6.62. The van der Waals surface area contributed by atoms with Gasteiger partial charge in [0.05, 0.1) is 0 Å². The van der Waals surface area contributed by atoms with E-state index in [2.05, 4.69) is 52.4 Å². The first-order chi connectivity index (χ1) is 4.00. The molecular weight excluding hydrogens is 347 g/mol. The predicted molar refractivity (Wildman–Crippen MR) is 57.4 cm³/mol. The summed E-state index contributed by atoms with van der Waals surface area (Å²) in [7, 11) is -1.72. The van der Waals surface area contributed by atoms with Gasteiger partial charge in [-0.05, 0) is 0 Å². The third-order valence-electron chi connectivity index (χ3n) is 0. The van der Waals surface area contributed by atoms with Crippen molar-refractivity contribution in [1.82, 2.24) is 0 Å². The molecule has 0 unspecified atom stereocenters. The number of rotatable bonds is 0. The monoisotopic (exact) mass is 369 g/mol. The molecule has 0 saturated heterocycles. The summed E-state index contributed by atoms with van der Waals surface area (Å²) < 4.78 is 0. The zero-order valence-electron chi connectivity index (χ0n) is 8.73.